The first kappa shape index (κ1) is 26.5. The first-order chi connectivity index (χ1) is 17.8. The molecule has 0 bridgehead atoms. The van der Waals surface area contributed by atoms with Gasteiger partial charge in [0.1, 0.15) is 0 Å². The van der Waals surface area contributed by atoms with Crippen molar-refractivity contribution in [3.63, 3.8) is 0 Å². The summed E-state index contributed by atoms with van der Waals surface area (Å²) in [5, 5.41) is 10.4. The van der Waals surface area contributed by atoms with Gasteiger partial charge in [-0.2, -0.15) is 0 Å². The Hall–Kier alpha value is -3.56. The Balaban J connectivity index is 1.94. The summed E-state index contributed by atoms with van der Waals surface area (Å²) >= 11 is 2.86. The van der Waals surface area contributed by atoms with Crippen LogP contribution in [0, 0.1) is 0 Å². The molecule has 2 aromatic carbocycles. The Morgan fingerprint density at radius 2 is 2.03 bits per heavy atom. The van der Waals surface area contributed by atoms with E-state index < -0.39 is 12.0 Å². The number of methoxy groups -OCH3 is 1. The maximum absolute atomic E-state index is 13.8. The molecule has 0 saturated carbocycles. The van der Waals surface area contributed by atoms with Crippen molar-refractivity contribution < 1.29 is 19.4 Å². The van der Waals surface area contributed by atoms with Crippen molar-refractivity contribution in [3.8, 4) is 11.5 Å². The lowest BCUT2D eigenvalue weighted by Crippen LogP contribution is -2.39. The van der Waals surface area contributed by atoms with Gasteiger partial charge in [0.05, 0.1) is 35.6 Å². The van der Waals surface area contributed by atoms with E-state index >= 15 is 0 Å². The van der Waals surface area contributed by atoms with E-state index in [0.717, 1.165) is 10.5 Å². The Bertz CT molecular complexity index is 1570. The first-order valence-electron chi connectivity index (χ1n) is 11.7. The van der Waals surface area contributed by atoms with Crippen LogP contribution in [0.25, 0.3) is 6.08 Å². The monoisotopic (exact) mass is 536 g/mol. The minimum atomic E-state index is -0.668. The van der Waals surface area contributed by atoms with Gasteiger partial charge in [-0.05, 0) is 68.0 Å². The van der Waals surface area contributed by atoms with Crippen LogP contribution in [0.2, 0.25) is 0 Å². The lowest BCUT2D eigenvalue weighted by Gasteiger charge is -2.24. The van der Waals surface area contributed by atoms with Crippen molar-refractivity contribution in [2.45, 2.75) is 31.2 Å². The smallest absolute Gasteiger partial charge is 0.338 e. The molecule has 0 amide bonds. The number of hydrogen-bond acceptors (Lipinski definition) is 8. The van der Waals surface area contributed by atoms with Crippen LogP contribution in [0.3, 0.4) is 0 Å². The second kappa shape index (κ2) is 11.2. The topological polar surface area (TPSA) is 90.1 Å². The number of aromatic nitrogens is 1. The molecule has 0 fully saturated rings. The molecule has 0 aliphatic carbocycles. The molecular weight excluding hydrogens is 508 g/mol. The molecule has 7 nitrogen and oxygen atoms in total. The van der Waals surface area contributed by atoms with E-state index in [1.165, 1.54) is 18.4 Å². The van der Waals surface area contributed by atoms with E-state index in [1.807, 2.05) is 30.5 Å². The highest BCUT2D eigenvalue weighted by molar-refractivity contribution is 7.98. The fraction of sp³-hybridized carbons (Fsp3) is 0.250. The molecule has 1 aliphatic rings. The molecule has 192 valence electrons. The number of ether oxygens (including phenoxy) is 2. The number of thioether (sulfide) groups is 1. The number of fused-ring (bicyclic) bond motifs is 1. The van der Waals surface area contributed by atoms with Gasteiger partial charge in [-0.25, -0.2) is 9.79 Å². The maximum Gasteiger partial charge on any atom is 0.338 e. The second-order valence-corrected chi connectivity index (χ2v) is 10.2. The number of rotatable bonds is 8. The Morgan fingerprint density at radius 1 is 1.30 bits per heavy atom. The van der Waals surface area contributed by atoms with Crippen molar-refractivity contribution >= 4 is 35.1 Å². The van der Waals surface area contributed by atoms with Gasteiger partial charge >= 0.3 is 5.97 Å². The number of aromatic hydroxyl groups is 1. The van der Waals surface area contributed by atoms with Crippen LogP contribution in [0.1, 0.15) is 36.6 Å². The SMILES string of the molecule is C=CCc1cc(/C=c2/sc3n(c2=O)[C@H](c2ccc(SC)cc2)C(C(=O)OCC)=C(C)N=3)cc(OC)c1O. The van der Waals surface area contributed by atoms with Crippen LogP contribution in [0.4, 0.5) is 0 Å². The number of esters is 1. The van der Waals surface area contributed by atoms with Gasteiger partial charge < -0.3 is 14.6 Å². The molecule has 0 unspecified atom stereocenters. The zero-order valence-corrected chi connectivity index (χ0v) is 22.7. The van der Waals surface area contributed by atoms with E-state index in [9.17, 15) is 14.7 Å². The molecule has 0 radical (unpaired) electrons. The zero-order valence-electron chi connectivity index (χ0n) is 21.1. The summed E-state index contributed by atoms with van der Waals surface area (Å²) in [5.41, 5.74) is 2.72. The molecule has 0 saturated heterocycles. The number of phenols is 1. The van der Waals surface area contributed by atoms with Crippen molar-refractivity contribution in [1.29, 1.82) is 0 Å². The van der Waals surface area contributed by atoms with Gasteiger partial charge in [0.15, 0.2) is 16.3 Å². The van der Waals surface area contributed by atoms with Crippen molar-refractivity contribution in [1.82, 2.24) is 4.57 Å². The standard InChI is InChI=1S/C28H28N2O5S2/c1-6-8-19-13-17(14-21(34-4)25(19)31)15-22-26(32)30-24(18-9-11-20(36-5)12-10-18)23(27(33)35-7-2)16(3)29-28(30)37-22/h6,9-15,24,31H,1,7-8H2,2-5H3/b22-15+/t24-/m1/s1. The number of carbonyl (C=O) groups is 1. The summed E-state index contributed by atoms with van der Waals surface area (Å²) < 4.78 is 12.7. The van der Waals surface area contributed by atoms with E-state index in [2.05, 4.69) is 11.6 Å². The third-order valence-corrected chi connectivity index (χ3v) is 7.73. The van der Waals surface area contributed by atoms with E-state index in [0.29, 0.717) is 43.9 Å². The molecule has 9 heteroatoms. The number of phenolic OH excluding ortho intramolecular Hbond substituents is 1. The van der Waals surface area contributed by atoms with Crippen LogP contribution in [0.15, 0.2) is 75.0 Å². The highest BCUT2D eigenvalue weighted by Gasteiger charge is 2.33. The number of thiazole rings is 1. The predicted octanol–water partition coefficient (Wildman–Crippen LogP) is 3.96. The molecule has 1 atom stereocenters. The van der Waals surface area contributed by atoms with E-state index in [1.54, 1.807) is 54.5 Å². The van der Waals surface area contributed by atoms with Crippen molar-refractivity contribution in [2.24, 2.45) is 4.99 Å². The summed E-state index contributed by atoms with van der Waals surface area (Å²) in [6, 6.07) is 10.6. The summed E-state index contributed by atoms with van der Waals surface area (Å²) in [5.74, 6) is -0.135. The van der Waals surface area contributed by atoms with Crippen LogP contribution in [-0.2, 0) is 16.0 Å². The third kappa shape index (κ3) is 5.14. The summed E-state index contributed by atoms with van der Waals surface area (Å²) in [6.07, 6.45) is 5.87. The number of allylic oxidation sites excluding steroid dienone is 2. The average molecular weight is 537 g/mol. The van der Waals surface area contributed by atoms with Crippen molar-refractivity contribution in [2.75, 3.05) is 20.0 Å². The molecule has 0 spiro atoms. The predicted molar refractivity (Wildman–Crippen MR) is 147 cm³/mol. The second-order valence-electron chi connectivity index (χ2n) is 8.30. The van der Waals surface area contributed by atoms with Crippen LogP contribution >= 0.6 is 23.1 Å². The van der Waals surface area contributed by atoms with Gasteiger partial charge in [-0.15, -0.1) is 18.3 Å². The molecule has 1 N–H and O–H groups in total. The average Bonchev–Trinajstić information content (AvgIpc) is 3.19. The van der Waals surface area contributed by atoms with Gasteiger partial charge in [-0.1, -0.05) is 29.5 Å². The largest absolute Gasteiger partial charge is 0.504 e. The minimum absolute atomic E-state index is 0.0457. The van der Waals surface area contributed by atoms with Crippen molar-refractivity contribution in [3.05, 3.63) is 96.7 Å². The van der Waals surface area contributed by atoms with Crippen LogP contribution in [0.5, 0.6) is 11.5 Å². The maximum atomic E-state index is 13.8. The number of carbonyl (C=O) groups excluding carboxylic acids is 1. The minimum Gasteiger partial charge on any atom is -0.504 e. The van der Waals surface area contributed by atoms with Gasteiger partial charge in [0.25, 0.3) is 5.56 Å². The fourth-order valence-electron chi connectivity index (χ4n) is 4.28. The quantitative estimate of drug-likeness (QED) is 0.266. The number of hydrogen-bond donors (Lipinski definition) is 1. The molecule has 3 aromatic rings. The molecular formula is C28H28N2O5S2. The Kier molecular flexibility index (Phi) is 8.04. The molecule has 1 aromatic heterocycles. The number of benzene rings is 2. The lowest BCUT2D eigenvalue weighted by atomic mass is 9.96. The Morgan fingerprint density at radius 3 is 2.65 bits per heavy atom. The lowest BCUT2D eigenvalue weighted by molar-refractivity contribution is -0.139. The summed E-state index contributed by atoms with van der Waals surface area (Å²) in [4.78, 5) is 33.0. The van der Waals surface area contributed by atoms with Gasteiger partial charge in [-0.3, -0.25) is 9.36 Å². The van der Waals surface area contributed by atoms with Gasteiger partial charge in [0, 0.05) is 10.5 Å². The summed E-state index contributed by atoms with van der Waals surface area (Å²) in [7, 11) is 1.48. The number of nitrogens with zero attached hydrogens (tertiary/aromatic N) is 2. The van der Waals surface area contributed by atoms with Crippen LogP contribution in [-0.4, -0.2) is 35.6 Å². The highest BCUT2D eigenvalue weighted by Crippen LogP contribution is 2.33. The molecule has 37 heavy (non-hydrogen) atoms. The summed E-state index contributed by atoms with van der Waals surface area (Å²) in [6.45, 7) is 7.47. The fourth-order valence-corrected chi connectivity index (χ4v) is 5.74. The first-order valence-corrected chi connectivity index (χ1v) is 13.7. The van der Waals surface area contributed by atoms with E-state index in [4.69, 9.17) is 9.47 Å². The third-order valence-electron chi connectivity index (χ3n) is 6.01. The zero-order chi connectivity index (χ0) is 26.7. The van der Waals surface area contributed by atoms with Gasteiger partial charge in [0.2, 0.25) is 0 Å². The van der Waals surface area contributed by atoms with E-state index in [-0.39, 0.29) is 17.9 Å². The molecule has 1 aliphatic heterocycles. The highest BCUT2D eigenvalue weighted by atomic mass is 32.2. The normalized spacial score (nSPS) is 15.2. The van der Waals surface area contributed by atoms with Crippen LogP contribution < -0.4 is 19.6 Å². The molecule has 4 rings (SSSR count). The Labute approximate surface area is 223 Å². The molecule has 2 heterocycles.